The molecule has 1 N–H and O–H groups in total. The Kier molecular flexibility index (Phi) is 3.40. The van der Waals surface area contributed by atoms with Crippen molar-refractivity contribution in [3.8, 4) is 10.7 Å². The van der Waals surface area contributed by atoms with Crippen LogP contribution in [-0.2, 0) is 4.74 Å². The second-order valence-corrected chi connectivity index (χ2v) is 6.07. The predicted octanol–water partition coefficient (Wildman–Crippen LogP) is 2.76. The molecule has 1 fully saturated rings. The summed E-state index contributed by atoms with van der Waals surface area (Å²) >= 11 is 1.49. The second kappa shape index (κ2) is 5.55. The van der Waals surface area contributed by atoms with Crippen LogP contribution in [0.3, 0.4) is 0 Å². The molecule has 3 aromatic rings. The molecule has 1 amide bonds. The third kappa shape index (κ3) is 2.40. The number of hydrogen-bond donors (Lipinski definition) is 1. The third-order valence-corrected chi connectivity index (χ3v) is 4.66. The van der Waals surface area contributed by atoms with Crippen molar-refractivity contribution in [2.45, 2.75) is 0 Å². The van der Waals surface area contributed by atoms with E-state index in [4.69, 9.17) is 4.74 Å². The molecule has 0 radical (unpaired) electrons. The molecular weight excluding hydrogens is 298 g/mol. The summed E-state index contributed by atoms with van der Waals surface area (Å²) in [5.74, 6) is -0.0121. The number of benzene rings is 1. The van der Waals surface area contributed by atoms with Crippen molar-refractivity contribution in [3.63, 3.8) is 0 Å². The molecule has 0 unspecified atom stereocenters. The standard InChI is InChI=1S/C16H15N3O2S/c20-16(19-5-7-21-8-6-19)14-10-22-15(18-14)13-9-11-3-1-2-4-12(11)17-13/h1-4,9-10,17H,5-8H2. The van der Waals surface area contributed by atoms with E-state index >= 15 is 0 Å². The zero-order chi connectivity index (χ0) is 14.9. The van der Waals surface area contributed by atoms with Crippen LogP contribution in [0.2, 0.25) is 0 Å². The highest BCUT2D eigenvalue weighted by Crippen LogP contribution is 2.27. The van der Waals surface area contributed by atoms with E-state index in [1.807, 2.05) is 23.6 Å². The van der Waals surface area contributed by atoms with Gasteiger partial charge in [0.05, 0.1) is 18.9 Å². The number of amides is 1. The Morgan fingerprint density at radius 3 is 2.91 bits per heavy atom. The van der Waals surface area contributed by atoms with Crippen LogP contribution in [0.1, 0.15) is 10.5 Å². The monoisotopic (exact) mass is 313 g/mol. The molecule has 0 atom stereocenters. The van der Waals surface area contributed by atoms with Crippen molar-refractivity contribution in [2.24, 2.45) is 0 Å². The molecule has 2 aromatic heterocycles. The van der Waals surface area contributed by atoms with Crippen LogP contribution in [-0.4, -0.2) is 47.1 Å². The van der Waals surface area contributed by atoms with Gasteiger partial charge in [0.25, 0.3) is 5.91 Å². The fourth-order valence-corrected chi connectivity index (χ4v) is 3.38. The summed E-state index contributed by atoms with van der Waals surface area (Å²) in [6.45, 7) is 2.48. The zero-order valence-electron chi connectivity index (χ0n) is 11.9. The van der Waals surface area contributed by atoms with Gasteiger partial charge in [0.1, 0.15) is 10.7 Å². The number of para-hydroxylation sites is 1. The van der Waals surface area contributed by atoms with Gasteiger partial charge in [0.15, 0.2) is 0 Å². The van der Waals surface area contributed by atoms with Gasteiger partial charge in [-0.05, 0) is 12.1 Å². The Morgan fingerprint density at radius 1 is 1.27 bits per heavy atom. The topological polar surface area (TPSA) is 58.2 Å². The third-order valence-electron chi connectivity index (χ3n) is 3.78. The highest BCUT2D eigenvalue weighted by Gasteiger charge is 2.21. The first-order valence-corrected chi connectivity index (χ1v) is 8.10. The fraction of sp³-hybridized carbons (Fsp3) is 0.250. The number of aromatic amines is 1. The molecule has 22 heavy (non-hydrogen) atoms. The Morgan fingerprint density at radius 2 is 2.09 bits per heavy atom. The smallest absolute Gasteiger partial charge is 0.273 e. The molecule has 0 saturated carbocycles. The van der Waals surface area contributed by atoms with Crippen LogP contribution in [0.15, 0.2) is 35.7 Å². The lowest BCUT2D eigenvalue weighted by Gasteiger charge is -2.25. The number of carbonyl (C=O) groups is 1. The van der Waals surface area contributed by atoms with Gasteiger partial charge in [-0.1, -0.05) is 18.2 Å². The van der Waals surface area contributed by atoms with Crippen molar-refractivity contribution in [3.05, 3.63) is 41.4 Å². The predicted molar refractivity (Wildman–Crippen MR) is 86.1 cm³/mol. The highest BCUT2D eigenvalue weighted by atomic mass is 32.1. The molecule has 1 saturated heterocycles. The lowest BCUT2D eigenvalue weighted by molar-refractivity contribution is 0.0299. The SMILES string of the molecule is O=C(c1csc(-c2cc3ccccc3[nH]2)n1)N1CCOCC1. The van der Waals surface area contributed by atoms with Gasteiger partial charge in [-0.3, -0.25) is 4.79 Å². The maximum Gasteiger partial charge on any atom is 0.273 e. The van der Waals surface area contributed by atoms with Crippen LogP contribution in [0, 0.1) is 0 Å². The number of thiazole rings is 1. The molecule has 112 valence electrons. The minimum Gasteiger partial charge on any atom is -0.378 e. The number of nitrogens with one attached hydrogen (secondary N) is 1. The second-order valence-electron chi connectivity index (χ2n) is 5.21. The Balaban J connectivity index is 1.61. The van der Waals surface area contributed by atoms with Crippen molar-refractivity contribution in [1.82, 2.24) is 14.9 Å². The number of nitrogens with zero attached hydrogens (tertiary/aromatic N) is 2. The number of fused-ring (bicyclic) bond motifs is 1. The lowest BCUT2D eigenvalue weighted by Crippen LogP contribution is -2.40. The summed E-state index contributed by atoms with van der Waals surface area (Å²) in [7, 11) is 0. The van der Waals surface area contributed by atoms with E-state index in [2.05, 4.69) is 22.1 Å². The van der Waals surface area contributed by atoms with Gasteiger partial charge in [0.2, 0.25) is 0 Å². The lowest BCUT2D eigenvalue weighted by atomic mass is 10.2. The quantitative estimate of drug-likeness (QED) is 0.791. The molecule has 1 aliphatic rings. The van der Waals surface area contributed by atoms with Gasteiger partial charge >= 0.3 is 0 Å². The van der Waals surface area contributed by atoms with Crippen LogP contribution in [0.5, 0.6) is 0 Å². The average molecular weight is 313 g/mol. The summed E-state index contributed by atoms with van der Waals surface area (Å²) in [6.07, 6.45) is 0. The summed E-state index contributed by atoms with van der Waals surface area (Å²) in [5.41, 5.74) is 2.54. The van der Waals surface area contributed by atoms with E-state index in [9.17, 15) is 4.79 Å². The summed E-state index contributed by atoms with van der Waals surface area (Å²) in [5, 5.41) is 3.82. The maximum atomic E-state index is 12.4. The molecule has 0 spiro atoms. The van der Waals surface area contributed by atoms with Gasteiger partial charge in [-0.15, -0.1) is 11.3 Å². The van der Waals surface area contributed by atoms with Crippen molar-refractivity contribution >= 4 is 28.1 Å². The van der Waals surface area contributed by atoms with Gasteiger partial charge < -0.3 is 14.6 Å². The summed E-state index contributed by atoms with van der Waals surface area (Å²) in [4.78, 5) is 22.1. The Hall–Kier alpha value is -2.18. The number of H-pyrrole nitrogens is 1. The minimum atomic E-state index is -0.0121. The Bertz CT molecular complexity index is 785. The molecule has 1 aromatic carbocycles. The molecular formula is C16H15N3O2S. The van der Waals surface area contributed by atoms with E-state index < -0.39 is 0 Å². The fourth-order valence-electron chi connectivity index (χ4n) is 2.61. The molecule has 1 aliphatic heterocycles. The Labute approximate surface area is 131 Å². The number of ether oxygens (including phenoxy) is 1. The molecule has 0 aliphatic carbocycles. The van der Waals surface area contributed by atoms with E-state index in [0.717, 1.165) is 21.6 Å². The van der Waals surface area contributed by atoms with Gasteiger partial charge in [-0.25, -0.2) is 4.98 Å². The van der Waals surface area contributed by atoms with Gasteiger partial charge in [0, 0.05) is 29.4 Å². The number of carbonyl (C=O) groups excluding carboxylic acids is 1. The molecule has 4 rings (SSSR count). The number of morpholine rings is 1. The number of aromatic nitrogens is 2. The first-order valence-electron chi connectivity index (χ1n) is 7.22. The van der Waals surface area contributed by atoms with Crippen LogP contribution >= 0.6 is 11.3 Å². The van der Waals surface area contributed by atoms with Crippen LogP contribution in [0.4, 0.5) is 0 Å². The molecule has 5 nitrogen and oxygen atoms in total. The van der Waals surface area contributed by atoms with E-state index in [0.29, 0.717) is 32.0 Å². The normalized spacial score (nSPS) is 15.4. The number of hydrogen-bond acceptors (Lipinski definition) is 4. The zero-order valence-corrected chi connectivity index (χ0v) is 12.7. The molecule has 3 heterocycles. The van der Waals surface area contributed by atoms with Crippen LogP contribution in [0.25, 0.3) is 21.6 Å². The largest absolute Gasteiger partial charge is 0.378 e. The minimum absolute atomic E-state index is 0.0121. The van der Waals surface area contributed by atoms with Crippen molar-refractivity contribution < 1.29 is 9.53 Å². The number of rotatable bonds is 2. The first-order chi connectivity index (χ1) is 10.8. The molecule has 6 heteroatoms. The highest BCUT2D eigenvalue weighted by molar-refractivity contribution is 7.13. The van der Waals surface area contributed by atoms with E-state index in [1.165, 1.54) is 11.3 Å². The summed E-state index contributed by atoms with van der Waals surface area (Å²) < 4.78 is 5.28. The summed E-state index contributed by atoms with van der Waals surface area (Å²) in [6, 6.07) is 10.2. The van der Waals surface area contributed by atoms with E-state index in [1.54, 1.807) is 4.90 Å². The van der Waals surface area contributed by atoms with Crippen LogP contribution < -0.4 is 0 Å². The maximum absolute atomic E-state index is 12.4. The van der Waals surface area contributed by atoms with Crippen molar-refractivity contribution in [2.75, 3.05) is 26.3 Å². The first kappa shape index (κ1) is 13.5. The van der Waals surface area contributed by atoms with Crippen molar-refractivity contribution in [1.29, 1.82) is 0 Å². The average Bonchev–Trinajstić information content (AvgIpc) is 3.21. The molecule has 0 bridgehead atoms. The van der Waals surface area contributed by atoms with Gasteiger partial charge in [-0.2, -0.15) is 0 Å². The van der Waals surface area contributed by atoms with E-state index in [-0.39, 0.29) is 5.91 Å².